The van der Waals surface area contributed by atoms with E-state index in [4.69, 9.17) is 5.73 Å². The maximum Gasteiger partial charge on any atom is 0.0953 e. The SMILES string of the molecule is Cc1ccc(-c2ncn(C)c2CN)c(C)c1. The summed E-state index contributed by atoms with van der Waals surface area (Å²) in [6.07, 6.45) is 1.82. The van der Waals surface area contributed by atoms with Crippen LogP contribution in [-0.2, 0) is 13.6 Å². The van der Waals surface area contributed by atoms with Crippen molar-refractivity contribution in [1.29, 1.82) is 0 Å². The molecule has 1 aromatic carbocycles. The van der Waals surface area contributed by atoms with E-state index < -0.39 is 0 Å². The van der Waals surface area contributed by atoms with Gasteiger partial charge in [-0.05, 0) is 19.4 Å². The number of aryl methyl sites for hydroxylation is 3. The predicted molar refractivity (Wildman–Crippen MR) is 66.0 cm³/mol. The number of aromatic nitrogens is 2. The highest BCUT2D eigenvalue weighted by Crippen LogP contribution is 2.25. The van der Waals surface area contributed by atoms with Gasteiger partial charge in [0.05, 0.1) is 17.7 Å². The first-order valence-electron chi connectivity index (χ1n) is 5.41. The summed E-state index contributed by atoms with van der Waals surface area (Å²) in [5.74, 6) is 0. The third-order valence-electron chi connectivity index (χ3n) is 2.89. The number of imidazole rings is 1. The van der Waals surface area contributed by atoms with Crippen molar-refractivity contribution in [3.8, 4) is 11.3 Å². The summed E-state index contributed by atoms with van der Waals surface area (Å²) in [5, 5.41) is 0. The second-order valence-corrected chi connectivity index (χ2v) is 4.17. The highest BCUT2D eigenvalue weighted by Gasteiger charge is 2.11. The van der Waals surface area contributed by atoms with E-state index in [9.17, 15) is 0 Å². The van der Waals surface area contributed by atoms with Crippen molar-refractivity contribution < 1.29 is 0 Å². The molecule has 0 fully saturated rings. The van der Waals surface area contributed by atoms with E-state index in [0.29, 0.717) is 6.54 Å². The molecule has 0 spiro atoms. The van der Waals surface area contributed by atoms with Gasteiger partial charge in [-0.25, -0.2) is 4.98 Å². The molecule has 1 heterocycles. The van der Waals surface area contributed by atoms with Gasteiger partial charge < -0.3 is 10.3 Å². The summed E-state index contributed by atoms with van der Waals surface area (Å²) in [7, 11) is 1.97. The Hall–Kier alpha value is -1.61. The summed E-state index contributed by atoms with van der Waals surface area (Å²) in [5.41, 5.74) is 11.5. The van der Waals surface area contributed by atoms with Gasteiger partial charge in [0, 0.05) is 19.2 Å². The van der Waals surface area contributed by atoms with Crippen LogP contribution in [0, 0.1) is 13.8 Å². The fourth-order valence-electron chi connectivity index (χ4n) is 2.00. The fraction of sp³-hybridized carbons (Fsp3) is 0.308. The largest absolute Gasteiger partial charge is 0.336 e. The Morgan fingerprint density at radius 1 is 1.31 bits per heavy atom. The van der Waals surface area contributed by atoms with E-state index in [2.05, 4.69) is 37.0 Å². The summed E-state index contributed by atoms with van der Waals surface area (Å²) in [6.45, 7) is 4.72. The van der Waals surface area contributed by atoms with Crippen LogP contribution in [0.3, 0.4) is 0 Å². The molecule has 0 bridgehead atoms. The number of hydrogen-bond acceptors (Lipinski definition) is 2. The van der Waals surface area contributed by atoms with E-state index in [1.807, 2.05) is 17.9 Å². The van der Waals surface area contributed by atoms with Crippen LogP contribution in [0.5, 0.6) is 0 Å². The minimum atomic E-state index is 0.513. The zero-order valence-electron chi connectivity index (χ0n) is 9.99. The zero-order chi connectivity index (χ0) is 11.7. The summed E-state index contributed by atoms with van der Waals surface area (Å²) >= 11 is 0. The molecule has 16 heavy (non-hydrogen) atoms. The Balaban J connectivity index is 2.58. The van der Waals surface area contributed by atoms with Crippen molar-refractivity contribution in [2.75, 3.05) is 0 Å². The van der Waals surface area contributed by atoms with Crippen molar-refractivity contribution in [2.24, 2.45) is 12.8 Å². The summed E-state index contributed by atoms with van der Waals surface area (Å²) < 4.78 is 1.98. The van der Waals surface area contributed by atoms with E-state index >= 15 is 0 Å². The first kappa shape index (κ1) is 10.9. The third-order valence-corrected chi connectivity index (χ3v) is 2.89. The van der Waals surface area contributed by atoms with Gasteiger partial charge >= 0.3 is 0 Å². The first-order valence-corrected chi connectivity index (χ1v) is 5.41. The van der Waals surface area contributed by atoms with Crippen LogP contribution < -0.4 is 5.73 Å². The normalized spacial score (nSPS) is 10.8. The van der Waals surface area contributed by atoms with Gasteiger partial charge in [0.15, 0.2) is 0 Å². The summed E-state index contributed by atoms with van der Waals surface area (Å²) in [6, 6.07) is 6.40. The molecule has 2 N–H and O–H groups in total. The minimum absolute atomic E-state index is 0.513. The molecule has 1 aromatic heterocycles. The fourth-order valence-corrected chi connectivity index (χ4v) is 2.00. The van der Waals surface area contributed by atoms with Crippen LogP contribution in [0.15, 0.2) is 24.5 Å². The Bertz CT molecular complexity index is 512. The molecular weight excluding hydrogens is 198 g/mol. The molecule has 2 aromatic rings. The molecule has 0 amide bonds. The van der Waals surface area contributed by atoms with Gasteiger partial charge in [-0.1, -0.05) is 23.8 Å². The van der Waals surface area contributed by atoms with Crippen LogP contribution in [0.1, 0.15) is 16.8 Å². The molecule has 0 radical (unpaired) electrons. The Morgan fingerprint density at radius 2 is 2.06 bits per heavy atom. The lowest BCUT2D eigenvalue weighted by atomic mass is 10.0. The predicted octanol–water partition coefficient (Wildman–Crippen LogP) is 2.16. The zero-order valence-corrected chi connectivity index (χ0v) is 9.99. The number of rotatable bonds is 2. The molecule has 0 unspecified atom stereocenters. The van der Waals surface area contributed by atoms with Crippen LogP contribution in [0.4, 0.5) is 0 Å². The average molecular weight is 215 g/mol. The maximum absolute atomic E-state index is 5.75. The molecule has 84 valence electrons. The quantitative estimate of drug-likeness (QED) is 0.834. The van der Waals surface area contributed by atoms with Crippen LogP contribution in [-0.4, -0.2) is 9.55 Å². The van der Waals surface area contributed by atoms with Gasteiger partial charge in [-0.15, -0.1) is 0 Å². The van der Waals surface area contributed by atoms with Gasteiger partial charge in [-0.3, -0.25) is 0 Å². The molecule has 0 aliphatic carbocycles. The van der Waals surface area contributed by atoms with Crippen molar-refractivity contribution in [2.45, 2.75) is 20.4 Å². The lowest BCUT2D eigenvalue weighted by Gasteiger charge is -2.07. The van der Waals surface area contributed by atoms with Crippen molar-refractivity contribution >= 4 is 0 Å². The summed E-state index contributed by atoms with van der Waals surface area (Å²) in [4.78, 5) is 4.43. The van der Waals surface area contributed by atoms with E-state index in [1.165, 1.54) is 16.7 Å². The molecule has 2 rings (SSSR count). The lowest BCUT2D eigenvalue weighted by molar-refractivity contribution is 0.821. The molecule has 0 saturated heterocycles. The van der Waals surface area contributed by atoms with Crippen molar-refractivity contribution in [1.82, 2.24) is 9.55 Å². The molecule has 0 aliphatic rings. The second kappa shape index (κ2) is 4.10. The number of hydrogen-bond donors (Lipinski definition) is 1. The Kier molecular flexibility index (Phi) is 2.79. The highest BCUT2D eigenvalue weighted by atomic mass is 15.0. The smallest absolute Gasteiger partial charge is 0.0953 e. The number of benzene rings is 1. The first-order chi connectivity index (χ1) is 7.63. The van der Waals surface area contributed by atoms with Crippen LogP contribution in [0.2, 0.25) is 0 Å². The maximum atomic E-state index is 5.75. The van der Waals surface area contributed by atoms with E-state index in [0.717, 1.165) is 11.4 Å². The monoisotopic (exact) mass is 215 g/mol. The van der Waals surface area contributed by atoms with Crippen LogP contribution >= 0.6 is 0 Å². The number of nitrogens with zero attached hydrogens (tertiary/aromatic N) is 2. The molecule has 0 atom stereocenters. The molecule has 0 aliphatic heterocycles. The van der Waals surface area contributed by atoms with E-state index in [-0.39, 0.29) is 0 Å². The Labute approximate surface area is 95.9 Å². The van der Waals surface area contributed by atoms with Crippen molar-refractivity contribution in [3.63, 3.8) is 0 Å². The van der Waals surface area contributed by atoms with Crippen molar-refractivity contribution in [3.05, 3.63) is 41.3 Å². The molecule has 0 saturated carbocycles. The van der Waals surface area contributed by atoms with Gasteiger partial charge in [0.2, 0.25) is 0 Å². The third kappa shape index (κ3) is 1.74. The lowest BCUT2D eigenvalue weighted by Crippen LogP contribution is -2.04. The molecule has 3 nitrogen and oxygen atoms in total. The molecular formula is C13H17N3. The standard InChI is InChI=1S/C13H17N3/c1-9-4-5-11(10(2)6-9)13-12(7-14)16(3)8-15-13/h4-6,8H,7,14H2,1-3H3. The number of nitrogens with two attached hydrogens (primary N) is 1. The Morgan fingerprint density at radius 3 is 2.69 bits per heavy atom. The topological polar surface area (TPSA) is 43.8 Å². The minimum Gasteiger partial charge on any atom is -0.336 e. The van der Waals surface area contributed by atoms with Gasteiger partial charge in [0.1, 0.15) is 0 Å². The van der Waals surface area contributed by atoms with Gasteiger partial charge in [-0.2, -0.15) is 0 Å². The van der Waals surface area contributed by atoms with Gasteiger partial charge in [0.25, 0.3) is 0 Å². The second-order valence-electron chi connectivity index (χ2n) is 4.17. The highest BCUT2D eigenvalue weighted by molar-refractivity contribution is 5.66. The van der Waals surface area contributed by atoms with E-state index in [1.54, 1.807) is 0 Å². The molecule has 3 heteroatoms. The average Bonchev–Trinajstić information content (AvgIpc) is 2.59. The van der Waals surface area contributed by atoms with Crippen LogP contribution in [0.25, 0.3) is 11.3 Å².